The van der Waals surface area contributed by atoms with Gasteiger partial charge in [-0.1, -0.05) is 13.8 Å². The van der Waals surface area contributed by atoms with Crippen LogP contribution in [0.1, 0.15) is 33.1 Å². The van der Waals surface area contributed by atoms with E-state index < -0.39 is 0 Å². The van der Waals surface area contributed by atoms with Gasteiger partial charge in [-0.25, -0.2) is 4.79 Å². The Balaban J connectivity index is 1.95. The second kappa shape index (κ2) is 3.51. The molecule has 1 N–H and O–H groups in total. The molecule has 1 saturated heterocycles. The number of hydrogen-bond donors (Lipinski definition) is 1. The number of hydrogen-bond acceptors (Lipinski definition) is 2. The minimum Gasteiger partial charge on any atom is -0.323 e. The lowest BCUT2D eigenvalue weighted by atomic mass is 9.91. The van der Waals surface area contributed by atoms with Crippen LogP contribution >= 0.6 is 0 Å². The molecule has 1 saturated carbocycles. The molecular weight excluding hydrogens is 192 g/mol. The summed E-state index contributed by atoms with van der Waals surface area (Å²) >= 11 is 0. The van der Waals surface area contributed by atoms with Crippen LogP contribution < -0.4 is 5.32 Å². The summed E-state index contributed by atoms with van der Waals surface area (Å²) in [5, 5.41) is 2.37. The average molecular weight is 210 g/mol. The standard InChI is InChI=1S/C11H18N2O2/c1-8(2)11(4-5-11)7-13-6-3-9(14)12-10(13)15/h8H,3-7H2,1-2H3,(H,12,14,15). The molecule has 0 radical (unpaired) electrons. The van der Waals surface area contributed by atoms with Gasteiger partial charge in [0.05, 0.1) is 0 Å². The molecule has 4 nitrogen and oxygen atoms in total. The van der Waals surface area contributed by atoms with Crippen LogP contribution in [0.15, 0.2) is 0 Å². The van der Waals surface area contributed by atoms with E-state index in [4.69, 9.17) is 0 Å². The van der Waals surface area contributed by atoms with Crippen LogP contribution in [0.3, 0.4) is 0 Å². The Labute approximate surface area is 90.0 Å². The Bertz CT molecular complexity index is 295. The van der Waals surface area contributed by atoms with E-state index in [1.54, 1.807) is 4.90 Å². The van der Waals surface area contributed by atoms with Crippen molar-refractivity contribution in [1.82, 2.24) is 10.2 Å². The number of carbonyl (C=O) groups excluding carboxylic acids is 2. The molecule has 0 bridgehead atoms. The molecule has 1 heterocycles. The normalized spacial score (nSPS) is 24.3. The van der Waals surface area contributed by atoms with E-state index in [1.165, 1.54) is 12.8 Å². The second-order valence-electron chi connectivity index (χ2n) is 5.04. The Hall–Kier alpha value is -1.06. The third kappa shape index (κ3) is 1.98. The third-order valence-electron chi connectivity index (χ3n) is 3.77. The molecule has 15 heavy (non-hydrogen) atoms. The van der Waals surface area contributed by atoms with E-state index in [9.17, 15) is 9.59 Å². The molecule has 3 amide bonds. The molecule has 2 rings (SSSR count). The van der Waals surface area contributed by atoms with Gasteiger partial charge in [-0.05, 0) is 24.2 Å². The molecule has 1 aliphatic carbocycles. The molecule has 0 aromatic rings. The Kier molecular flexibility index (Phi) is 2.44. The van der Waals surface area contributed by atoms with Gasteiger partial charge in [-0.3, -0.25) is 10.1 Å². The van der Waals surface area contributed by atoms with Crippen LogP contribution in [0.2, 0.25) is 0 Å². The van der Waals surface area contributed by atoms with Crippen molar-refractivity contribution in [2.75, 3.05) is 13.1 Å². The van der Waals surface area contributed by atoms with Gasteiger partial charge in [0.15, 0.2) is 0 Å². The largest absolute Gasteiger partial charge is 0.324 e. The highest BCUT2D eigenvalue weighted by atomic mass is 16.2. The summed E-state index contributed by atoms with van der Waals surface area (Å²) in [6.45, 7) is 5.81. The molecule has 1 aliphatic heterocycles. The maximum absolute atomic E-state index is 11.5. The molecular formula is C11H18N2O2. The molecule has 0 unspecified atom stereocenters. The van der Waals surface area contributed by atoms with Crippen LogP contribution in [-0.2, 0) is 4.79 Å². The zero-order valence-corrected chi connectivity index (χ0v) is 9.38. The predicted molar refractivity (Wildman–Crippen MR) is 56.2 cm³/mol. The number of imide groups is 1. The maximum Gasteiger partial charge on any atom is 0.324 e. The van der Waals surface area contributed by atoms with Crippen molar-refractivity contribution < 1.29 is 9.59 Å². The molecule has 2 fully saturated rings. The Morgan fingerprint density at radius 3 is 2.53 bits per heavy atom. The lowest BCUT2D eigenvalue weighted by molar-refractivity contribution is -0.121. The minimum absolute atomic E-state index is 0.148. The van der Waals surface area contributed by atoms with Crippen molar-refractivity contribution in [1.29, 1.82) is 0 Å². The summed E-state index contributed by atoms with van der Waals surface area (Å²) < 4.78 is 0. The average Bonchev–Trinajstić information content (AvgIpc) is 2.91. The first-order valence-corrected chi connectivity index (χ1v) is 5.62. The van der Waals surface area contributed by atoms with Crippen LogP contribution in [0.5, 0.6) is 0 Å². The molecule has 2 aliphatic rings. The van der Waals surface area contributed by atoms with E-state index in [0.29, 0.717) is 24.3 Å². The first kappa shape index (κ1) is 10.5. The van der Waals surface area contributed by atoms with Crippen molar-refractivity contribution in [3.8, 4) is 0 Å². The monoisotopic (exact) mass is 210 g/mol. The van der Waals surface area contributed by atoms with Crippen molar-refractivity contribution >= 4 is 11.9 Å². The molecule has 84 valence electrons. The van der Waals surface area contributed by atoms with Gasteiger partial charge in [0.25, 0.3) is 0 Å². The minimum atomic E-state index is -0.210. The Morgan fingerprint density at radius 2 is 2.07 bits per heavy atom. The van der Waals surface area contributed by atoms with Crippen molar-refractivity contribution in [3.63, 3.8) is 0 Å². The van der Waals surface area contributed by atoms with E-state index in [-0.39, 0.29) is 11.9 Å². The van der Waals surface area contributed by atoms with Crippen LogP contribution in [-0.4, -0.2) is 29.9 Å². The number of nitrogens with zero attached hydrogens (tertiary/aromatic N) is 1. The maximum atomic E-state index is 11.5. The topological polar surface area (TPSA) is 49.4 Å². The lowest BCUT2D eigenvalue weighted by Gasteiger charge is -2.32. The summed E-state index contributed by atoms with van der Waals surface area (Å²) in [4.78, 5) is 24.3. The lowest BCUT2D eigenvalue weighted by Crippen LogP contribution is -2.51. The van der Waals surface area contributed by atoms with Crippen LogP contribution in [0.4, 0.5) is 4.79 Å². The summed E-state index contributed by atoms with van der Waals surface area (Å²) in [5.74, 6) is 0.466. The third-order valence-corrected chi connectivity index (χ3v) is 3.77. The molecule has 0 aromatic heterocycles. The van der Waals surface area contributed by atoms with Crippen molar-refractivity contribution in [2.45, 2.75) is 33.1 Å². The fraction of sp³-hybridized carbons (Fsp3) is 0.818. The number of rotatable bonds is 3. The zero-order chi connectivity index (χ0) is 11.1. The zero-order valence-electron chi connectivity index (χ0n) is 9.38. The van der Waals surface area contributed by atoms with Gasteiger partial charge < -0.3 is 4.90 Å². The fourth-order valence-corrected chi connectivity index (χ4v) is 2.21. The van der Waals surface area contributed by atoms with Gasteiger partial charge in [-0.2, -0.15) is 0 Å². The summed E-state index contributed by atoms with van der Waals surface area (Å²) in [7, 11) is 0. The highest BCUT2D eigenvalue weighted by Gasteiger charge is 2.47. The smallest absolute Gasteiger partial charge is 0.323 e. The van der Waals surface area contributed by atoms with Crippen LogP contribution in [0.25, 0.3) is 0 Å². The molecule has 0 spiro atoms. The van der Waals surface area contributed by atoms with Crippen LogP contribution in [0, 0.1) is 11.3 Å². The molecule has 4 heteroatoms. The first-order chi connectivity index (χ1) is 7.03. The summed E-state index contributed by atoms with van der Waals surface area (Å²) in [6, 6.07) is -0.210. The van der Waals surface area contributed by atoms with Gasteiger partial charge >= 0.3 is 6.03 Å². The predicted octanol–water partition coefficient (Wildman–Crippen LogP) is 1.36. The summed E-state index contributed by atoms with van der Waals surface area (Å²) in [5.41, 5.74) is 0.331. The van der Waals surface area contributed by atoms with Crippen molar-refractivity contribution in [2.24, 2.45) is 11.3 Å². The number of nitrogens with one attached hydrogen (secondary N) is 1. The first-order valence-electron chi connectivity index (χ1n) is 5.62. The van der Waals surface area contributed by atoms with E-state index in [1.807, 2.05) is 0 Å². The van der Waals surface area contributed by atoms with E-state index in [2.05, 4.69) is 19.2 Å². The van der Waals surface area contributed by atoms with Gasteiger partial charge in [-0.15, -0.1) is 0 Å². The van der Waals surface area contributed by atoms with Gasteiger partial charge in [0.1, 0.15) is 0 Å². The summed E-state index contributed by atoms with van der Waals surface area (Å²) in [6.07, 6.45) is 2.87. The molecule has 0 atom stereocenters. The highest BCUT2D eigenvalue weighted by Crippen LogP contribution is 2.52. The Morgan fingerprint density at radius 1 is 1.40 bits per heavy atom. The van der Waals surface area contributed by atoms with Gasteiger partial charge in [0, 0.05) is 19.5 Å². The fourth-order valence-electron chi connectivity index (χ4n) is 2.21. The number of carbonyl (C=O) groups is 2. The molecule has 0 aromatic carbocycles. The van der Waals surface area contributed by atoms with E-state index in [0.717, 1.165) is 6.54 Å². The quantitative estimate of drug-likeness (QED) is 0.764. The highest BCUT2D eigenvalue weighted by molar-refractivity contribution is 5.96. The van der Waals surface area contributed by atoms with Gasteiger partial charge in [0.2, 0.25) is 5.91 Å². The number of amides is 3. The number of urea groups is 1. The SMILES string of the molecule is CC(C)C1(CN2CCC(=O)NC2=O)CC1. The van der Waals surface area contributed by atoms with E-state index >= 15 is 0 Å². The second-order valence-corrected chi connectivity index (χ2v) is 5.04. The van der Waals surface area contributed by atoms with Crippen molar-refractivity contribution in [3.05, 3.63) is 0 Å².